The Kier molecular flexibility index (Phi) is 7.35. The van der Waals surface area contributed by atoms with Crippen molar-refractivity contribution in [3.05, 3.63) is 0 Å². The van der Waals surface area contributed by atoms with Gasteiger partial charge in [-0.1, -0.05) is 13.8 Å². The SMILES string of the molecule is COC(=O)C[C@@]12[C@@H]3CCC(=O)[C@@H]1CC(=O)O[C@@H]2C[C@H]1[C@H](C)[C@@H](OC(C)=O)[C@@H](OC(C)=O)[C@H](OC(C)=O)[C@]31C. The second-order valence-electron chi connectivity index (χ2n) is 11.4. The van der Waals surface area contributed by atoms with Gasteiger partial charge in [0.25, 0.3) is 0 Å². The van der Waals surface area contributed by atoms with Gasteiger partial charge in [-0.3, -0.25) is 28.8 Å². The summed E-state index contributed by atoms with van der Waals surface area (Å²) in [5.74, 6) is -4.98. The molecule has 0 amide bonds. The van der Waals surface area contributed by atoms with Crippen LogP contribution in [0.2, 0.25) is 0 Å². The highest BCUT2D eigenvalue weighted by Gasteiger charge is 2.74. The zero-order valence-corrected chi connectivity index (χ0v) is 22.6. The number of carbonyl (C=O) groups excluding carboxylic acids is 6. The molecule has 0 spiro atoms. The number of ketones is 1. The minimum atomic E-state index is -1.12. The van der Waals surface area contributed by atoms with E-state index in [4.69, 9.17) is 23.7 Å². The zero-order valence-electron chi connectivity index (χ0n) is 22.6. The van der Waals surface area contributed by atoms with Crippen LogP contribution in [-0.4, -0.2) is 67.2 Å². The first kappa shape index (κ1) is 28.0. The van der Waals surface area contributed by atoms with Crippen molar-refractivity contribution in [2.45, 2.75) is 91.1 Å². The van der Waals surface area contributed by atoms with Crippen molar-refractivity contribution in [2.24, 2.45) is 34.5 Å². The molecule has 0 radical (unpaired) electrons. The van der Waals surface area contributed by atoms with E-state index >= 15 is 0 Å². The molecule has 0 aromatic heterocycles. The van der Waals surface area contributed by atoms with Gasteiger partial charge in [0, 0.05) is 49.9 Å². The van der Waals surface area contributed by atoms with Gasteiger partial charge < -0.3 is 23.7 Å². The Morgan fingerprint density at radius 3 is 2.16 bits per heavy atom. The molecule has 4 rings (SSSR count). The summed E-state index contributed by atoms with van der Waals surface area (Å²) in [5, 5.41) is 0. The first-order valence-electron chi connectivity index (χ1n) is 13.1. The fourth-order valence-electron chi connectivity index (χ4n) is 8.39. The van der Waals surface area contributed by atoms with Crippen LogP contribution >= 0.6 is 0 Å². The van der Waals surface area contributed by atoms with Gasteiger partial charge in [-0.15, -0.1) is 0 Å². The van der Waals surface area contributed by atoms with Gasteiger partial charge in [-0.2, -0.15) is 0 Å². The van der Waals surface area contributed by atoms with Gasteiger partial charge in [-0.05, 0) is 24.7 Å². The van der Waals surface area contributed by atoms with E-state index in [2.05, 4.69) is 0 Å². The predicted molar refractivity (Wildman–Crippen MR) is 127 cm³/mol. The monoisotopic (exact) mass is 536 g/mol. The molecule has 3 aliphatic carbocycles. The lowest BCUT2D eigenvalue weighted by atomic mass is 9.37. The number of hydrogen-bond donors (Lipinski definition) is 0. The normalized spacial score (nSPS) is 41.5. The van der Waals surface area contributed by atoms with Crippen LogP contribution in [0.25, 0.3) is 0 Å². The minimum absolute atomic E-state index is 0.115. The molecule has 0 aromatic carbocycles. The lowest BCUT2D eigenvalue weighted by Crippen LogP contribution is -2.74. The van der Waals surface area contributed by atoms with Crippen LogP contribution in [0.15, 0.2) is 0 Å². The summed E-state index contributed by atoms with van der Waals surface area (Å²) in [6, 6.07) is 0. The fourth-order valence-corrected chi connectivity index (χ4v) is 8.39. The van der Waals surface area contributed by atoms with E-state index in [1.165, 1.54) is 27.9 Å². The molecule has 210 valence electrons. The average molecular weight is 537 g/mol. The van der Waals surface area contributed by atoms with E-state index in [9.17, 15) is 28.8 Å². The van der Waals surface area contributed by atoms with Crippen LogP contribution in [0.1, 0.15) is 66.7 Å². The quantitative estimate of drug-likeness (QED) is 0.375. The van der Waals surface area contributed by atoms with Crippen molar-refractivity contribution in [3.63, 3.8) is 0 Å². The number of methoxy groups -OCH3 is 1. The Hall–Kier alpha value is -2.98. The molecule has 11 heteroatoms. The van der Waals surface area contributed by atoms with E-state index in [0.29, 0.717) is 6.42 Å². The van der Waals surface area contributed by atoms with Gasteiger partial charge in [-0.25, -0.2) is 0 Å². The fraction of sp³-hybridized carbons (Fsp3) is 0.778. The van der Waals surface area contributed by atoms with Crippen LogP contribution in [0, 0.1) is 34.5 Å². The van der Waals surface area contributed by atoms with Gasteiger partial charge in [0.05, 0.1) is 20.0 Å². The molecule has 0 bridgehead atoms. The Morgan fingerprint density at radius 2 is 1.58 bits per heavy atom. The molecule has 4 aliphatic rings. The van der Waals surface area contributed by atoms with Crippen LogP contribution in [0.5, 0.6) is 0 Å². The minimum Gasteiger partial charge on any atom is -0.469 e. The number of rotatable bonds is 5. The van der Waals surface area contributed by atoms with Crippen molar-refractivity contribution in [1.82, 2.24) is 0 Å². The summed E-state index contributed by atoms with van der Waals surface area (Å²) < 4.78 is 28.2. The molecule has 0 aromatic rings. The van der Waals surface area contributed by atoms with Gasteiger partial charge >= 0.3 is 29.8 Å². The van der Waals surface area contributed by atoms with Crippen LogP contribution in [0.4, 0.5) is 0 Å². The molecule has 1 aliphatic heterocycles. The largest absolute Gasteiger partial charge is 0.469 e. The molecule has 11 nitrogen and oxygen atoms in total. The van der Waals surface area contributed by atoms with E-state index in [1.807, 2.05) is 13.8 Å². The van der Waals surface area contributed by atoms with Crippen LogP contribution in [0.3, 0.4) is 0 Å². The predicted octanol–water partition coefficient (Wildman–Crippen LogP) is 1.92. The maximum atomic E-state index is 13.3. The summed E-state index contributed by atoms with van der Waals surface area (Å²) in [7, 11) is 1.26. The highest BCUT2D eigenvalue weighted by molar-refractivity contribution is 5.89. The molecule has 4 fully saturated rings. The van der Waals surface area contributed by atoms with Crippen molar-refractivity contribution in [1.29, 1.82) is 0 Å². The third-order valence-electron chi connectivity index (χ3n) is 9.59. The summed E-state index contributed by atoms with van der Waals surface area (Å²) in [4.78, 5) is 75.6. The van der Waals surface area contributed by atoms with Gasteiger partial charge in [0.2, 0.25) is 0 Å². The van der Waals surface area contributed by atoms with Gasteiger partial charge in [0.15, 0.2) is 6.10 Å². The number of ether oxygens (including phenoxy) is 5. The number of Topliss-reactive ketones (excluding diaryl/α,β-unsaturated/α-hetero) is 1. The number of fused-ring (bicyclic) bond motifs is 2. The topological polar surface area (TPSA) is 149 Å². The molecular formula is C27H36O11. The molecular weight excluding hydrogens is 500 g/mol. The molecule has 1 saturated heterocycles. The van der Waals surface area contributed by atoms with Crippen molar-refractivity contribution >= 4 is 35.6 Å². The maximum Gasteiger partial charge on any atom is 0.306 e. The van der Waals surface area contributed by atoms with Crippen LogP contribution in [-0.2, 0) is 52.5 Å². The number of carbonyl (C=O) groups is 6. The van der Waals surface area contributed by atoms with Crippen molar-refractivity contribution in [3.8, 4) is 0 Å². The zero-order chi connectivity index (χ0) is 28.2. The Balaban J connectivity index is 1.95. The third-order valence-corrected chi connectivity index (χ3v) is 9.59. The lowest BCUT2D eigenvalue weighted by molar-refractivity contribution is -0.293. The van der Waals surface area contributed by atoms with Crippen LogP contribution < -0.4 is 0 Å². The lowest BCUT2D eigenvalue weighted by Gasteiger charge is -2.69. The van der Waals surface area contributed by atoms with E-state index in [1.54, 1.807) is 0 Å². The Bertz CT molecular complexity index is 1050. The summed E-state index contributed by atoms with van der Waals surface area (Å²) in [5.41, 5.74) is -2.02. The third kappa shape index (κ3) is 4.27. The van der Waals surface area contributed by atoms with Crippen molar-refractivity contribution in [2.75, 3.05) is 7.11 Å². The van der Waals surface area contributed by atoms with Gasteiger partial charge in [0.1, 0.15) is 24.1 Å². The number of esters is 5. The second kappa shape index (κ2) is 9.96. The molecule has 1 heterocycles. The standard InChI is InChI=1S/C27H36O11/c1-12-16-9-20-27(11-22(33)34-6)17(10-21(32)38-20)18(31)7-8-19(27)26(16,5)25(37-15(4)30)24(36-14(3)29)23(12)35-13(2)28/h12,16-17,19-20,23-25H,7-11H2,1-6H3/t12-,16-,17-,19+,20+,23+,24+,25-,26-,27-/m0/s1. The Labute approximate surface area is 221 Å². The number of hydrogen-bond acceptors (Lipinski definition) is 11. The molecule has 0 unspecified atom stereocenters. The summed E-state index contributed by atoms with van der Waals surface area (Å²) >= 11 is 0. The smallest absolute Gasteiger partial charge is 0.306 e. The first-order valence-corrected chi connectivity index (χ1v) is 13.1. The first-order chi connectivity index (χ1) is 17.8. The average Bonchev–Trinajstić information content (AvgIpc) is 2.81. The molecule has 38 heavy (non-hydrogen) atoms. The molecule has 0 N–H and O–H groups in total. The summed E-state index contributed by atoms with van der Waals surface area (Å²) in [6.07, 6.45) is -3.43. The van der Waals surface area contributed by atoms with E-state index in [-0.39, 0.29) is 37.4 Å². The Morgan fingerprint density at radius 1 is 0.974 bits per heavy atom. The summed E-state index contributed by atoms with van der Waals surface area (Å²) in [6.45, 7) is 7.49. The highest BCUT2D eigenvalue weighted by Crippen LogP contribution is 2.69. The molecule has 10 atom stereocenters. The highest BCUT2D eigenvalue weighted by atomic mass is 16.6. The van der Waals surface area contributed by atoms with E-state index < -0.39 is 82.8 Å². The maximum absolute atomic E-state index is 13.3. The van der Waals surface area contributed by atoms with Crippen molar-refractivity contribution < 1.29 is 52.5 Å². The molecule has 3 saturated carbocycles. The second-order valence-corrected chi connectivity index (χ2v) is 11.4. The van der Waals surface area contributed by atoms with E-state index in [0.717, 1.165) is 0 Å².